The lowest BCUT2D eigenvalue weighted by Crippen LogP contribution is -2.16. The number of rotatable bonds is 1. The smallest absolute Gasteiger partial charge is 0.238 e. The summed E-state index contributed by atoms with van der Waals surface area (Å²) >= 11 is 0. The zero-order valence-corrected chi connectivity index (χ0v) is 10.1. The van der Waals surface area contributed by atoms with Gasteiger partial charge in [-0.3, -0.25) is 4.79 Å². The number of hydrogen-bond acceptors (Lipinski definition) is 3. The standard InChI is InChI=1S/C13H9NO3S/c14-18(16,17)11-7-3-6-9-8-4-1-2-5-10(8)13(15)12(9)11/h1-7H,(H2,14,16,17). The van der Waals surface area contributed by atoms with E-state index in [9.17, 15) is 13.2 Å². The minimum atomic E-state index is -3.90. The van der Waals surface area contributed by atoms with Crippen molar-refractivity contribution < 1.29 is 13.2 Å². The number of primary sulfonamides is 1. The second-order valence-corrected chi connectivity index (χ2v) is 5.63. The van der Waals surface area contributed by atoms with Crippen LogP contribution in [0.15, 0.2) is 47.4 Å². The summed E-state index contributed by atoms with van der Waals surface area (Å²) in [5.41, 5.74) is 2.08. The van der Waals surface area contributed by atoms with Gasteiger partial charge in [-0.05, 0) is 17.2 Å². The zero-order chi connectivity index (χ0) is 12.9. The fourth-order valence-corrected chi connectivity index (χ4v) is 3.03. The Labute approximate surface area is 104 Å². The Balaban J connectivity index is 2.42. The molecule has 0 bridgehead atoms. The highest BCUT2D eigenvalue weighted by Crippen LogP contribution is 2.38. The third-order valence-electron chi connectivity index (χ3n) is 3.02. The van der Waals surface area contributed by atoms with Crippen molar-refractivity contribution in [3.8, 4) is 11.1 Å². The maximum atomic E-state index is 12.2. The Morgan fingerprint density at radius 1 is 0.833 bits per heavy atom. The number of ketones is 1. The monoisotopic (exact) mass is 259 g/mol. The highest BCUT2D eigenvalue weighted by atomic mass is 32.2. The fourth-order valence-electron chi connectivity index (χ4n) is 2.28. The molecule has 3 rings (SSSR count). The van der Waals surface area contributed by atoms with Crippen molar-refractivity contribution in [3.05, 3.63) is 53.6 Å². The molecule has 0 saturated heterocycles. The van der Waals surface area contributed by atoms with Crippen molar-refractivity contribution in [1.82, 2.24) is 0 Å². The van der Waals surface area contributed by atoms with Gasteiger partial charge in [0.05, 0.1) is 10.5 Å². The van der Waals surface area contributed by atoms with Crippen LogP contribution in [0.3, 0.4) is 0 Å². The van der Waals surface area contributed by atoms with Crippen LogP contribution >= 0.6 is 0 Å². The predicted molar refractivity (Wildman–Crippen MR) is 66.7 cm³/mol. The molecule has 18 heavy (non-hydrogen) atoms. The van der Waals surface area contributed by atoms with Crippen molar-refractivity contribution >= 4 is 15.8 Å². The van der Waals surface area contributed by atoms with Crippen LogP contribution in [0.4, 0.5) is 0 Å². The van der Waals surface area contributed by atoms with E-state index in [4.69, 9.17) is 5.14 Å². The molecular weight excluding hydrogens is 250 g/mol. The third kappa shape index (κ3) is 1.41. The molecule has 1 aliphatic rings. The topological polar surface area (TPSA) is 77.2 Å². The molecule has 5 heteroatoms. The normalized spacial score (nSPS) is 13.3. The summed E-state index contributed by atoms with van der Waals surface area (Å²) in [6.45, 7) is 0. The summed E-state index contributed by atoms with van der Waals surface area (Å²) in [5.74, 6) is -0.287. The summed E-state index contributed by atoms with van der Waals surface area (Å²) in [6, 6.07) is 11.7. The van der Waals surface area contributed by atoms with Crippen molar-refractivity contribution in [1.29, 1.82) is 0 Å². The summed E-state index contributed by atoms with van der Waals surface area (Å²) in [4.78, 5) is 12.1. The number of benzene rings is 2. The number of sulfonamides is 1. The molecule has 0 amide bonds. The van der Waals surface area contributed by atoms with E-state index >= 15 is 0 Å². The Hall–Kier alpha value is -1.98. The highest BCUT2D eigenvalue weighted by Gasteiger charge is 2.31. The van der Waals surface area contributed by atoms with Crippen molar-refractivity contribution in [3.63, 3.8) is 0 Å². The summed E-state index contributed by atoms with van der Waals surface area (Å²) < 4.78 is 23.0. The first-order chi connectivity index (χ1) is 8.50. The van der Waals surface area contributed by atoms with Gasteiger partial charge in [-0.25, -0.2) is 13.6 Å². The van der Waals surface area contributed by atoms with Crippen LogP contribution in [-0.2, 0) is 10.0 Å². The second kappa shape index (κ2) is 3.51. The average Bonchev–Trinajstić information content (AvgIpc) is 2.63. The second-order valence-electron chi connectivity index (χ2n) is 4.10. The van der Waals surface area contributed by atoms with Crippen LogP contribution in [-0.4, -0.2) is 14.2 Å². The molecule has 2 N–H and O–H groups in total. The van der Waals surface area contributed by atoms with Crippen LogP contribution in [0.25, 0.3) is 11.1 Å². The van der Waals surface area contributed by atoms with Crippen molar-refractivity contribution in [2.24, 2.45) is 5.14 Å². The Bertz CT molecular complexity index is 779. The SMILES string of the molecule is NS(=O)(=O)c1cccc2c1C(=O)c1ccccc1-2. The first kappa shape index (κ1) is 11.1. The van der Waals surface area contributed by atoms with Crippen molar-refractivity contribution in [2.45, 2.75) is 4.90 Å². The summed E-state index contributed by atoms with van der Waals surface area (Å²) in [7, 11) is -3.90. The van der Waals surface area contributed by atoms with Crippen LogP contribution in [0.2, 0.25) is 0 Å². The van der Waals surface area contributed by atoms with E-state index in [0.717, 1.165) is 5.56 Å². The molecule has 0 fully saturated rings. The van der Waals surface area contributed by atoms with Crippen molar-refractivity contribution in [2.75, 3.05) is 0 Å². The van der Waals surface area contributed by atoms with Crippen LogP contribution in [0.1, 0.15) is 15.9 Å². The molecule has 90 valence electrons. The van der Waals surface area contributed by atoms with E-state index < -0.39 is 10.0 Å². The lowest BCUT2D eigenvalue weighted by molar-refractivity contribution is 0.104. The van der Waals surface area contributed by atoms with Crippen LogP contribution in [0.5, 0.6) is 0 Å². The minimum absolute atomic E-state index is 0.110. The van der Waals surface area contributed by atoms with E-state index in [1.807, 2.05) is 6.07 Å². The van der Waals surface area contributed by atoms with E-state index in [0.29, 0.717) is 11.1 Å². The largest absolute Gasteiger partial charge is 0.289 e. The summed E-state index contributed by atoms with van der Waals surface area (Å²) in [5, 5.41) is 5.15. The van der Waals surface area contributed by atoms with E-state index in [1.165, 1.54) is 6.07 Å². The van der Waals surface area contributed by atoms with E-state index in [-0.39, 0.29) is 16.2 Å². The average molecular weight is 259 g/mol. The zero-order valence-electron chi connectivity index (χ0n) is 9.25. The lowest BCUT2D eigenvalue weighted by atomic mass is 10.1. The first-order valence-corrected chi connectivity index (χ1v) is 6.84. The molecule has 2 aromatic carbocycles. The van der Waals surface area contributed by atoms with Crippen LogP contribution < -0.4 is 5.14 Å². The van der Waals surface area contributed by atoms with Gasteiger partial charge < -0.3 is 0 Å². The van der Waals surface area contributed by atoms with E-state index in [1.54, 1.807) is 30.3 Å². The van der Waals surface area contributed by atoms with Gasteiger partial charge in [0.2, 0.25) is 10.0 Å². The maximum Gasteiger partial charge on any atom is 0.238 e. The van der Waals surface area contributed by atoms with E-state index in [2.05, 4.69) is 0 Å². The Morgan fingerprint density at radius 2 is 1.44 bits per heavy atom. The minimum Gasteiger partial charge on any atom is -0.289 e. The van der Waals surface area contributed by atoms with Gasteiger partial charge in [-0.15, -0.1) is 0 Å². The third-order valence-corrected chi connectivity index (χ3v) is 3.97. The number of carbonyl (C=O) groups excluding carboxylic acids is 1. The molecule has 0 saturated carbocycles. The van der Waals surface area contributed by atoms with Gasteiger partial charge >= 0.3 is 0 Å². The number of hydrogen-bond donors (Lipinski definition) is 1. The molecule has 0 atom stereocenters. The fraction of sp³-hybridized carbons (Fsp3) is 0. The van der Waals surface area contributed by atoms with Gasteiger partial charge in [-0.2, -0.15) is 0 Å². The summed E-state index contributed by atoms with van der Waals surface area (Å²) in [6.07, 6.45) is 0. The first-order valence-electron chi connectivity index (χ1n) is 5.30. The lowest BCUT2D eigenvalue weighted by Gasteiger charge is -2.04. The Kier molecular flexibility index (Phi) is 2.17. The van der Waals surface area contributed by atoms with Gasteiger partial charge in [0.25, 0.3) is 0 Å². The molecule has 0 spiro atoms. The molecule has 2 aromatic rings. The van der Waals surface area contributed by atoms with Gasteiger partial charge in [0.1, 0.15) is 0 Å². The molecule has 0 radical (unpaired) electrons. The van der Waals surface area contributed by atoms with Gasteiger partial charge in [-0.1, -0.05) is 36.4 Å². The molecule has 0 unspecified atom stereocenters. The highest BCUT2D eigenvalue weighted by molar-refractivity contribution is 7.89. The molecule has 0 aliphatic heterocycles. The molecule has 0 heterocycles. The van der Waals surface area contributed by atoms with Crippen LogP contribution in [0, 0.1) is 0 Å². The predicted octanol–water partition coefficient (Wildman–Crippen LogP) is 1.55. The number of carbonyl (C=O) groups is 1. The Morgan fingerprint density at radius 3 is 2.11 bits per heavy atom. The molecule has 0 aromatic heterocycles. The quantitative estimate of drug-likeness (QED) is 0.720. The molecule has 4 nitrogen and oxygen atoms in total. The molecule has 1 aliphatic carbocycles. The van der Waals surface area contributed by atoms with Gasteiger partial charge in [0, 0.05) is 5.56 Å². The maximum absolute atomic E-state index is 12.2. The number of fused-ring (bicyclic) bond motifs is 3. The van der Waals surface area contributed by atoms with Gasteiger partial charge in [0.15, 0.2) is 5.78 Å². The number of nitrogens with two attached hydrogens (primary N) is 1. The molecular formula is C13H9NO3S.